The van der Waals surface area contributed by atoms with Crippen molar-refractivity contribution in [2.75, 3.05) is 13.2 Å². The second-order valence-corrected chi connectivity index (χ2v) is 8.98. The largest absolute Gasteiger partial charge is 0.476 e. The quantitative estimate of drug-likeness (QED) is 0.369. The molecule has 33 heavy (non-hydrogen) atoms. The van der Waals surface area contributed by atoms with Crippen LogP contribution in [0.2, 0.25) is 0 Å². The molecule has 0 heterocycles. The third-order valence-electron chi connectivity index (χ3n) is 5.09. The van der Waals surface area contributed by atoms with Gasteiger partial charge in [0.25, 0.3) is 5.91 Å². The molecule has 1 amide bonds. The normalized spacial score (nSPS) is 11.0. The molecule has 0 aliphatic heterocycles. The van der Waals surface area contributed by atoms with Gasteiger partial charge in [-0.3, -0.25) is 4.79 Å². The van der Waals surface area contributed by atoms with Crippen LogP contribution in [0.4, 0.5) is 0 Å². The summed E-state index contributed by atoms with van der Waals surface area (Å²) >= 11 is 3.37. The fourth-order valence-corrected chi connectivity index (χ4v) is 3.51. The van der Waals surface area contributed by atoms with Gasteiger partial charge in [-0.2, -0.15) is 0 Å². The maximum atomic E-state index is 12.2. The van der Waals surface area contributed by atoms with E-state index in [0.29, 0.717) is 24.5 Å². The van der Waals surface area contributed by atoms with E-state index in [1.54, 1.807) is 32.9 Å². The predicted octanol–water partition coefficient (Wildman–Crippen LogP) is 5.81. The number of esters is 1. The zero-order valence-corrected chi connectivity index (χ0v) is 20.6. The topological polar surface area (TPSA) is 64.6 Å². The minimum Gasteiger partial charge on any atom is -0.476 e. The minimum absolute atomic E-state index is 0.0763. The summed E-state index contributed by atoms with van der Waals surface area (Å²) in [7, 11) is 0. The lowest BCUT2D eigenvalue weighted by Crippen LogP contribution is -2.39. The third kappa shape index (κ3) is 6.93. The highest BCUT2D eigenvalue weighted by atomic mass is 79.9. The smallest absolute Gasteiger partial charge is 0.349 e. The lowest BCUT2D eigenvalue weighted by atomic mass is 10.0. The number of halogens is 1. The summed E-state index contributed by atoms with van der Waals surface area (Å²) in [4.78, 5) is 24.2. The summed E-state index contributed by atoms with van der Waals surface area (Å²) in [6.07, 6.45) is 0.748. The first-order valence-electron chi connectivity index (χ1n) is 10.9. The average Bonchev–Trinajstić information content (AvgIpc) is 2.80. The molecule has 0 fully saturated rings. The summed E-state index contributed by atoms with van der Waals surface area (Å²) < 4.78 is 11.8. The molecule has 1 N–H and O–H groups in total. The Hall–Kier alpha value is -3.12. The molecule has 0 aliphatic carbocycles. The van der Waals surface area contributed by atoms with E-state index in [-0.39, 0.29) is 5.91 Å². The maximum absolute atomic E-state index is 12.2. The predicted molar refractivity (Wildman–Crippen MR) is 133 cm³/mol. The van der Waals surface area contributed by atoms with E-state index in [0.717, 1.165) is 27.6 Å². The van der Waals surface area contributed by atoms with Gasteiger partial charge < -0.3 is 14.8 Å². The average molecular weight is 510 g/mol. The molecule has 172 valence electrons. The van der Waals surface area contributed by atoms with Crippen molar-refractivity contribution in [1.29, 1.82) is 0 Å². The molecule has 3 aromatic rings. The van der Waals surface area contributed by atoms with E-state index in [4.69, 9.17) is 9.47 Å². The van der Waals surface area contributed by atoms with Crippen molar-refractivity contribution in [2.24, 2.45) is 0 Å². The van der Waals surface area contributed by atoms with Crippen LogP contribution in [0.1, 0.15) is 36.7 Å². The molecular formula is C27H28BrNO4. The van der Waals surface area contributed by atoms with Crippen molar-refractivity contribution in [3.05, 3.63) is 88.4 Å². The highest BCUT2D eigenvalue weighted by molar-refractivity contribution is 9.10. The van der Waals surface area contributed by atoms with E-state index in [1.165, 1.54) is 0 Å². The van der Waals surface area contributed by atoms with Crippen LogP contribution in [0.3, 0.4) is 0 Å². The van der Waals surface area contributed by atoms with Gasteiger partial charge in [-0.25, -0.2) is 4.79 Å². The molecule has 5 nitrogen and oxygen atoms in total. The van der Waals surface area contributed by atoms with Crippen molar-refractivity contribution in [3.8, 4) is 16.9 Å². The number of rotatable bonds is 9. The second-order valence-electron chi connectivity index (χ2n) is 8.07. The first-order chi connectivity index (χ1) is 15.8. The number of amides is 1. The standard InChI is InChI=1S/C27H28BrNO4/c1-4-32-26(31)27(2,3)33-24-15-11-21(12-16-24)20-7-5-19(6-8-20)17-18-29-25(30)22-9-13-23(28)14-10-22/h5-16H,4,17-18H2,1-3H3,(H,29,30). The van der Waals surface area contributed by atoms with Gasteiger partial charge >= 0.3 is 5.97 Å². The van der Waals surface area contributed by atoms with Crippen molar-refractivity contribution >= 4 is 27.8 Å². The highest BCUT2D eigenvalue weighted by Gasteiger charge is 2.31. The van der Waals surface area contributed by atoms with E-state index in [2.05, 4.69) is 45.5 Å². The van der Waals surface area contributed by atoms with Crippen LogP contribution in [0.25, 0.3) is 11.1 Å². The lowest BCUT2D eigenvalue weighted by molar-refractivity contribution is -0.158. The molecule has 3 aromatic carbocycles. The van der Waals surface area contributed by atoms with Crippen LogP contribution in [-0.4, -0.2) is 30.6 Å². The number of benzene rings is 3. The summed E-state index contributed by atoms with van der Waals surface area (Å²) in [5, 5.41) is 2.95. The Kier molecular flexibility index (Phi) is 8.28. The van der Waals surface area contributed by atoms with Crippen LogP contribution in [0, 0.1) is 0 Å². The summed E-state index contributed by atoms with van der Waals surface area (Å²) in [5.41, 5.74) is 2.87. The summed E-state index contributed by atoms with van der Waals surface area (Å²) in [6, 6.07) is 23.2. The summed E-state index contributed by atoms with van der Waals surface area (Å²) in [6.45, 7) is 6.04. The molecule has 0 radical (unpaired) electrons. The summed E-state index contributed by atoms with van der Waals surface area (Å²) in [5.74, 6) is 0.139. The van der Waals surface area contributed by atoms with Gasteiger partial charge in [0.1, 0.15) is 5.75 Å². The SMILES string of the molecule is CCOC(=O)C(C)(C)Oc1ccc(-c2ccc(CCNC(=O)c3ccc(Br)cc3)cc2)cc1. The first-order valence-corrected chi connectivity index (χ1v) is 11.7. The van der Waals surface area contributed by atoms with Gasteiger partial charge in [-0.1, -0.05) is 52.3 Å². The number of carbonyl (C=O) groups excluding carboxylic acids is 2. The molecule has 0 saturated carbocycles. The Morgan fingerprint density at radius 3 is 2.03 bits per heavy atom. The minimum atomic E-state index is -1.05. The number of hydrogen-bond acceptors (Lipinski definition) is 4. The zero-order valence-electron chi connectivity index (χ0n) is 19.1. The van der Waals surface area contributed by atoms with Gasteiger partial charge in [0.2, 0.25) is 0 Å². The van der Waals surface area contributed by atoms with Gasteiger partial charge in [0.15, 0.2) is 5.60 Å². The van der Waals surface area contributed by atoms with Crippen molar-refractivity contribution in [2.45, 2.75) is 32.8 Å². The van der Waals surface area contributed by atoms with E-state index < -0.39 is 11.6 Å². The third-order valence-corrected chi connectivity index (χ3v) is 5.62. The van der Waals surface area contributed by atoms with Crippen LogP contribution in [0.15, 0.2) is 77.3 Å². The highest BCUT2D eigenvalue weighted by Crippen LogP contribution is 2.25. The van der Waals surface area contributed by atoms with Gasteiger partial charge in [-0.15, -0.1) is 0 Å². The van der Waals surface area contributed by atoms with E-state index in [9.17, 15) is 9.59 Å². The molecular weight excluding hydrogens is 482 g/mol. The Balaban J connectivity index is 1.53. The lowest BCUT2D eigenvalue weighted by Gasteiger charge is -2.24. The Morgan fingerprint density at radius 1 is 0.879 bits per heavy atom. The molecule has 3 rings (SSSR count). The van der Waals surface area contributed by atoms with Gasteiger partial charge in [0, 0.05) is 16.6 Å². The Morgan fingerprint density at radius 2 is 1.45 bits per heavy atom. The molecule has 0 aliphatic rings. The van der Waals surface area contributed by atoms with Gasteiger partial charge in [-0.05, 0) is 80.3 Å². The molecule has 0 atom stereocenters. The Labute approximate surface area is 203 Å². The molecule has 0 aromatic heterocycles. The number of carbonyl (C=O) groups is 2. The van der Waals surface area contributed by atoms with Crippen LogP contribution in [0.5, 0.6) is 5.75 Å². The van der Waals surface area contributed by atoms with Gasteiger partial charge in [0.05, 0.1) is 6.61 Å². The molecule has 0 bridgehead atoms. The Bertz CT molecular complexity index is 1070. The van der Waals surface area contributed by atoms with Crippen LogP contribution < -0.4 is 10.1 Å². The number of ether oxygens (including phenoxy) is 2. The maximum Gasteiger partial charge on any atom is 0.349 e. The van der Waals surface area contributed by atoms with E-state index in [1.807, 2.05) is 36.4 Å². The first kappa shape index (κ1) is 24.5. The molecule has 0 spiro atoms. The van der Waals surface area contributed by atoms with Crippen molar-refractivity contribution in [1.82, 2.24) is 5.32 Å². The monoisotopic (exact) mass is 509 g/mol. The van der Waals surface area contributed by atoms with Crippen molar-refractivity contribution < 1.29 is 19.1 Å². The number of hydrogen-bond donors (Lipinski definition) is 1. The fourth-order valence-electron chi connectivity index (χ4n) is 3.24. The van der Waals surface area contributed by atoms with Crippen LogP contribution >= 0.6 is 15.9 Å². The second kappa shape index (κ2) is 11.1. The van der Waals surface area contributed by atoms with Crippen molar-refractivity contribution in [3.63, 3.8) is 0 Å². The fraction of sp³-hybridized carbons (Fsp3) is 0.259. The molecule has 0 saturated heterocycles. The number of nitrogens with one attached hydrogen (secondary N) is 1. The zero-order chi connectivity index (χ0) is 23.8. The van der Waals surface area contributed by atoms with Crippen LogP contribution in [-0.2, 0) is 16.0 Å². The molecule has 6 heteroatoms. The van der Waals surface area contributed by atoms with E-state index >= 15 is 0 Å². The molecule has 0 unspecified atom stereocenters.